The van der Waals surface area contributed by atoms with Crippen molar-refractivity contribution < 1.29 is 0 Å². The molecule has 84 valence electrons. The summed E-state index contributed by atoms with van der Waals surface area (Å²) in [6.07, 6.45) is 2.58. The number of thiophene rings is 1. The van der Waals surface area contributed by atoms with Crippen molar-refractivity contribution in [2.75, 3.05) is 13.1 Å². The number of hydrogen-bond donors (Lipinski definition) is 1. The highest BCUT2D eigenvalue weighted by Crippen LogP contribution is 2.36. The topological polar surface area (TPSA) is 12.0 Å². The van der Waals surface area contributed by atoms with E-state index < -0.39 is 0 Å². The molecule has 1 N–H and O–H groups in total. The summed E-state index contributed by atoms with van der Waals surface area (Å²) in [5.41, 5.74) is 3.03. The summed E-state index contributed by atoms with van der Waals surface area (Å²) < 4.78 is 1.45. The van der Waals surface area contributed by atoms with E-state index in [2.05, 4.69) is 35.8 Å². The fourth-order valence-corrected chi connectivity index (χ4v) is 3.85. The Hall–Kier alpha value is -0.860. The zero-order valence-electron chi connectivity index (χ0n) is 9.62. The third-order valence-electron chi connectivity index (χ3n) is 3.62. The first kappa shape index (κ1) is 10.3. The minimum absolute atomic E-state index is 0.774. The lowest BCUT2D eigenvalue weighted by Gasteiger charge is -2.22. The van der Waals surface area contributed by atoms with Crippen molar-refractivity contribution in [2.45, 2.75) is 25.7 Å². The van der Waals surface area contributed by atoms with E-state index in [0.717, 1.165) is 5.92 Å². The highest BCUT2D eigenvalue weighted by Gasteiger charge is 2.19. The summed E-state index contributed by atoms with van der Waals surface area (Å²) >= 11 is 1.90. The van der Waals surface area contributed by atoms with Crippen LogP contribution in [0.2, 0.25) is 0 Å². The summed E-state index contributed by atoms with van der Waals surface area (Å²) in [7, 11) is 0. The number of piperidine rings is 1. The van der Waals surface area contributed by atoms with Crippen LogP contribution in [0.25, 0.3) is 10.1 Å². The molecule has 16 heavy (non-hydrogen) atoms. The van der Waals surface area contributed by atoms with Crippen LogP contribution in [0.1, 0.15) is 29.9 Å². The second-order valence-electron chi connectivity index (χ2n) is 4.66. The molecule has 0 unspecified atom stereocenters. The highest BCUT2D eigenvalue weighted by molar-refractivity contribution is 7.17. The molecule has 1 aliphatic rings. The Labute approximate surface area is 100 Å². The van der Waals surface area contributed by atoms with Crippen LogP contribution in [-0.2, 0) is 0 Å². The van der Waals surface area contributed by atoms with Crippen molar-refractivity contribution in [1.29, 1.82) is 0 Å². The first-order valence-corrected chi connectivity index (χ1v) is 6.91. The average Bonchev–Trinajstić information content (AvgIpc) is 2.75. The minimum Gasteiger partial charge on any atom is -0.317 e. The summed E-state index contributed by atoms with van der Waals surface area (Å²) in [6.45, 7) is 4.58. The van der Waals surface area contributed by atoms with Crippen LogP contribution in [0.4, 0.5) is 0 Å². The Bertz CT molecular complexity index is 494. The van der Waals surface area contributed by atoms with Gasteiger partial charge in [0.05, 0.1) is 0 Å². The number of nitrogens with one attached hydrogen (secondary N) is 1. The van der Waals surface area contributed by atoms with Gasteiger partial charge in [-0.3, -0.25) is 0 Å². The van der Waals surface area contributed by atoms with Crippen molar-refractivity contribution in [3.8, 4) is 0 Å². The monoisotopic (exact) mass is 231 g/mol. The first-order valence-electron chi connectivity index (χ1n) is 6.03. The second kappa shape index (κ2) is 4.19. The standard InChI is InChI=1S/C14H17NS/c1-10-3-2-4-13-14(10)12(9-16-13)11-5-7-15-8-6-11/h2-4,9,11,15H,5-8H2,1H3. The molecular formula is C14H17NS. The molecule has 1 saturated heterocycles. The molecule has 3 rings (SSSR count). The number of benzene rings is 1. The molecule has 2 heteroatoms. The van der Waals surface area contributed by atoms with E-state index in [0.29, 0.717) is 0 Å². The molecular weight excluding hydrogens is 214 g/mol. The molecule has 0 saturated carbocycles. The van der Waals surface area contributed by atoms with Crippen molar-refractivity contribution in [1.82, 2.24) is 5.32 Å². The van der Waals surface area contributed by atoms with Gasteiger partial charge in [-0.15, -0.1) is 11.3 Å². The van der Waals surface area contributed by atoms with Gasteiger partial charge in [-0.05, 0) is 66.7 Å². The van der Waals surface area contributed by atoms with Crippen LogP contribution in [0.3, 0.4) is 0 Å². The van der Waals surface area contributed by atoms with Crippen LogP contribution < -0.4 is 5.32 Å². The van der Waals surface area contributed by atoms with Gasteiger partial charge >= 0.3 is 0 Å². The molecule has 1 fully saturated rings. The lowest BCUT2D eigenvalue weighted by atomic mass is 9.89. The minimum atomic E-state index is 0.774. The number of hydrogen-bond acceptors (Lipinski definition) is 2. The lowest BCUT2D eigenvalue weighted by Crippen LogP contribution is -2.26. The average molecular weight is 231 g/mol. The van der Waals surface area contributed by atoms with Crippen molar-refractivity contribution in [2.24, 2.45) is 0 Å². The highest BCUT2D eigenvalue weighted by atomic mass is 32.1. The molecule has 1 aliphatic heterocycles. The molecule has 0 spiro atoms. The maximum Gasteiger partial charge on any atom is 0.0348 e. The van der Waals surface area contributed by atoms with Crippen LogP contribution in [0, 0.1) is 6.92 Å². The van der Waals surface area contributed by atoms with Crippen LogP contribution >= 0.6 is 11.3 Å². The normalized spacial score (nSPS) is 18.1. The molecule has 2 heterocycles. The molecule has 1 nitrogen and oxygen atoms in total. The number of aryl methyl sites for hydroxylation is 1. The Kier molecular flexibility index (Phi) is 2.70. The number of fused-ring (bicyclic) bond motifs is 1. The Balaban J connectivity index is 2.09. The molecule has 0 bridgehead atoms. The fourth-order valence-electron chi connectivity index (χ4n) is 2.73. The second-order valence-corrected chi connectivity index (χ2v) is 5.57. The van der Waals surface area contributed by atoms with Gasteiger partial charge in [-0.2, -0.15) is 0 Å². The van der Waals surface area contributed by atoms with Gasteiger partial charge in [0.15, 0.2) is 0 Å². The van der Waals surface area contributed by atoms with Gasteiger partial charge in [0.2, 0.25) is 0 Å². The first-order chi connectivity index (χ1) is 7.86. The van der Waals surface area contributed by atoms with E-state index >= 15 is 0 Å². The molecule has 2 aromatic rings. The van der Waals surface area contributed by atoms with E-state index in [1.165, 1.54) is 41.6 Å². The van der Waals surface area contributed by atoms with E-state index in [-0.39, 0.29) is 0 Å². The lowest BCUT2D eigenvalue weighted by molar-refractivity contribution is 0.463. The summed E-state index contributed by atoms with van der Waals surface area (Å²) in [5, 5.41) is 7.35. The smallest absolute Gasteiger partial charge is 0.0348 e. The van der Waals surface area contributed by atoms with Gasteiger partial charge in [0.25, 0.3) is 0 Å². The van der Waals surface area contributed by atoms with Gasteiger partial charge in [0, 0.05) is 4.70 Å². The number of rotatable bonds is 1. The Morgan fingerprint density at radius 2 is 2.06 bits per heavy atom. The molecule has 1 aromatic heterocycles. The maximum atomic E-state index is 3.44. The van der Waals surface area contributed by atoms with E-state index in [9.17, 15) is 0 Å². The quantitative estimate of drug-likeness (QED) is 0.789. The molecule has 0 amide bonds. The van der Waals surface area contributed by atoms with E-state index in [1.54, 1.807) is 5.56 Å². The van der Waals surface area contributed by atoms with Crippen molar-refractivity contribution in [3.05, 3.63) is 34.7 Å². The van der Waals surface area contributed by atoms with Crippen molar-refractivity contribution in [3.63, 3.8) is 0 Å². The predicted molar refractivity (Wildman–Crippen MR) is 71.4 cm³/mol. The van der Waals surface area contributed by atoms with Gasteiger partial charge in [0.1, 0.15) is 0 Å². The fraction of sp³-hybridized carbons (Fsp3) is 0.429. The SMILES string of the molecule is Cc1cccc2scc(C3CCNCC3)c12. The van der Waals surface area contributed by atoms with E-state index in [4.69, 9.17) is 0 Å². The van der Waals surface area contributed by atoms with Gasteiger partial charge in [-0.1, -0.05) is 12.1 Å². The molecule has 0 aliphatic carbocycles. The third-order valence-corrected chi connectivity index (χ3v) is 4.58. The summed E-state index contributed by atoms with van der Waals surface area (Å²) in [5.74, 6) is 0.774. The third kappa shape index (κ3) is 1.66. The van der Waals surface area contributed by atoms with Crippen molar-refractivity contribution >= 4 is 21.4 Å². The van der Waals surface area contributed by atoms with Crippen LogP contribution in [0.5, 0.6) is 0 Å². The molecule has 0 radical (unpaired) electrons. The molecule has 1 aromatic carbocycles. The van der Waals surface area contributed by atoms with Gasteiger partial charge < -0.3 is 5.32 Å². The molecule has 0 atom stereocenters. The largest absolute Gasteiger partial charge is 0.317 e. The van der Waals surface area contributed by atoms with Gasteiger partial charge in [-0.25, -0.2) is 0 Å². The van der Waals surface area contributed by atoms with Crippen LogP contribution in [0.15, 0.2) is 23.6 Å². The predicted octanol–water partition coefficient (Wildman–Crippen LogP) is 3.68. The Morgan fingerprint density at radius 1 is 1.25 bits per heavy atom. The summed E-state index contributed by atoms with van der Waals surface area (Å²) in [6, 6.07) is 6.65. The zero-order chi connectivity index (χ0) is 11.0. The Morgan fingerprint density at radius 3 is 2.88 bits per heavy atom. The maximum absolute atomic E-state index is 3.44. The zero-order valence-corrected chi connectivity index (χ0v) is 10.4. The summed E-state index contributed by atoms with van der Waals surface area (Å²) in [4.78, 5) is 0. The van der Waals surface area contributed by atoms with E-state index in [1.807, 2.05) is 11.3 Å². The van der Waals surface area contributed by atoms with Crippen LogP contribution in [-0.4, -0.2) is 13.1 Å².